The molecule has 29 heavy (non-hydrogen) atoms. The van der Waals surface area contributed by atoms with E-state index in [1.165, 1.54) is 64.2 Å². The van der Waals surface area contributed by atoms with Crippen molar-refractivity contribution in [2.24, 2.45) is 16.5 Å². The number of allylic oxidation sites excluding steroid dienone is 1. The fourth-order valence-electron chi connectivity index (χ4n) is 3.32. The molecule has 0 fully saturated rings. The number of guanidine groups is 1. The van der Waals surface area contributed by atoms with Crippen molar-refractivity contribution >= 4 is 11.9 Å². The van der Waals surface area contributed by atoms with Gasteiger partial charge in [0, 0.05) is 12.2 Å². The lowest BCUT2D eigenvalue weighted by Gasteiger charge is -2.19. The number of unbranched alkanes of at least 4 members (excludes halogenated alkanes) is 10. The van der Waals surface area contributed by atoms with Crippen LogP contribution in [-0.4, -0.2) is 31.1 Å². The van der Waals surface area contributed by atoms with Crippen LogP contribution in [0.1, 0.15) is 104 Å². The van der Waals surface area contributed by atoms with Crippen LogP contribution in [0.15, 0.2) is 17.3 Å². The molecule has 0 aromatic carbocycles. The Morgan fingerprint density at radius 2 is 1.48 bits per heavy atom. The molecule has 6 heteroatoms. The van der Waals surface area contributed by atoms with Crippen molar-refractivity contribution in [1.82, 2.24) is 5.32 Å². The standard InChI is InChI=1S/C23H46N4O2/c1-4-6-7-8-9-10-11-12-13-14-15-17-20(3)27-21(22(28)29-5-2)18-16-19-26-23(24)25/h21,27H,3-19H2,1-2H3,(H4,24,25,26). The summed E-state index contributed by atoms with van der Waals surface area (Å²) >= 11 is 0. The molecule has 0 saturated heterocycles. The van der Waals surface area contributed by atoms with E-state index in [4.69, 9.17) is 16.2 Å². The Morgan fingerprint density at radius 1 is 0.931 bits per heavy atom. The van der Waals surface area contributed by atoms with Crippen LogP contribution in [0.4, 0.5) is 0 Å². The number of carbonyl (C=O) groups excluding carboxylic acids is 1. The lowest BCUT2D eigenvalue weighted by molar-refractivity contribution is -0.145. The highest BCUT2D eigenvalue weighted by Crippen LogP contribution is 2.13. The van der Waals surface area contributed by atoms with Gasteiger partial charge in [0.25, 0.3) is 0 Å². The first-order valence-corrected chi connectivity index (χ1v) is 11.7. The summed E-state index contributed by atoms with van der Waals surface area (Å²) in [7, 11) is 0. The van der Waals surface area contributed by atoms with Crippen molar-refractivity contribution < 1.29 is 9.53 Å². The summed E-state index contributed by atoms with van der Waals surface area (Å²) in [5.41, 5.74) is 11.6. The van der Waals surface area contributed by atoms with E-state index in [0.717, 1.165) is 18.5 Å². The van der Waals surface area contributed by atoms with Crippen LogP contribution in [0.25, 0.3) is 0 Å². The fraction of sp³-hybridized carbons (Fsp3) is 0.826. The van der Waals surface area contributed by atoms with Crippen LogP contribution in [0.3, 0.4) is 0 Å². The lowest BCUT2D eigenvalue weighted by atomic mass is 10.0. The van der Waals surface area contributed by atoms with Crippen molar-refractivity contribution in [2.75, 3.05) is 13.2 Å². The van der Waals surface area contributed by atoms with Gasteiger partial charge >= 0.3 is 5.97 Å². The number of ether oxygens (including phenoxy) is 1. The number of carbonyl (C=O) groups is 1. The molecule has 5 N–H and O–H groups in total. The Kier molecular flexibility index (Phi) is 18.4. The van der Waals surface area contributed by atoms with E-state index in [9.17, 15) is 4.79 Å². The van der Waals surface area contributed by atoms with Crippen molar-refractivity contribution in [2.45, 2.75) is 110 Å². The zero-order valence-corrected chi connectivity index (χ0v) is 19.0. The van der Waals surface area contributed by atoms with Gasteiger partial charge < -0.3 is 21.5 Å². The average Bonchev–Trinajstić information content (AvgIpc) is 2.68. The molecule has 1 unspecified atom stereocenters. The molecule has 6 nitrogen and oxygen atoms in total. The minimum atomic E-state index is -0.385. The first-order chi connectivity index (χ1) is 14.0. The molecule has 0 saturated carbocycles. The fourth-order valence-corrected chi connectivity index (χ4v) is 3.32. The maximum absolute atomic E-state index is 12.2. The second kappa shape index (κ2) is 19.6. The number of hydrogen-bond donors (Lipinski definition) is 3. The Bertz CT molecular complexity index is 448. The van der Waals surface area contributed by atoms with E-state index in [1.54, 1.807) is 0 Å². The van der Waals surface area contributed by atoms with Gasteiger partial charge in [-0.2, -0.15) is 0 Å². The van der Waals surface area contributed by atoms with Crippen LogP contribution >= 0.6 is 0 Å². The highest BCUT2D eigenvalue weighted by Gasteiger charge is 2.19. The van der Waals surface area contributed by atoms with E-state index in [2.05, 4.69) is 23.8 Å². The summed E-state index contributed by atoms with van der Waals surface area (Å²) in [6, 6.07) is -0.385. The first kappa shape index (κ1) is 27.3. The molecule has 0 radical (unpaired) electrons. The van der Waals surface area contributed by atoms with Gasteiger partial charge in [0.2, 0.25) is 0 Å². The van der Waals surface area contributed by atoms with Crippen LogP contribution in [-0.2, 0) is 9.53 Å². The molecule has 0 aliphatic heterocycles. The maximum Gasteiger partial charge on any atom is 0.328 e. The van der Waals surface area contributed by atoms with E-state index < -0.39 is 0 Å². The van der Waals surface area contributed by atoms with E-state index >= 15 is 0 Å². The number of nitrogens with one attached hydrogen (secondary N) is 1. The Morgan fingerprint density at radius 3 is 2.00 bits per heavy atom. The van der Waals surface area contributed by atoms with Crippen molar-refractivity contribution in [3.63, 3.8) is 0 Å². The van der Waals surface area contributed by atoms with Crippen molar-refractivity contribution in [1.29, 1.82) is 0 Å². The molecule has 0 bridgehead atoms. The van der Waals surface area contributed by atoms with Gasteiger partial charge in [-0.1, -0.05) is 77.7 Å². The summed E-state index contributed by atoms with van der Waals surface area (Å²) in [6.07, 6.45) is 16.7. The zero-order chi connectivity index (χ0) is 21.7. The van der Waals surface area contributed by atoms with Crippen LogP contribution < -0.4 is 16.8 Å². The zero-order valence-electron chi connectivity index (χ0n) is 19.0. The smallest absolute Gasteiger partial charge is 0.328 e. The Balaban J connectivity index is 3.89. The molecule has 0 aliphatic rings. The molecule has 0 aromatic rings. The third-order valence-electron chi connectivity index (χ3n) is 4.98. The molecule has 0 aliphatic carbocycles. The maximum atomic E-state index is 12.2. The minimum absolute atomic E-state index is 0.0755. The summed E-state index contributed by atoms with van der Waals surface area (Å²) in [5, 5.41) is 3.25. The third kappa shape index (κ3) is 18.1. The third-order valence-corrected chi connectivity index (χ3v) is 4.98. The molecule has 0 rings (SSSR count). The largest absolute Gasteiger partial charge is 0.464 e. The minimum Gasteiger partial charge on any atom is -0.464 e. The number of nitrogens with two attached hydrogens (primary N) is 2. The molecular formula is C23H46N4O2. The second-order valence-corrected chi connectivity index (χ2v) is 7.79. The average molecular weight is 411 g/mol. The molecule has 170 valence electrons. The quantitative estimate of drug-likeness (QED) is 0.116. The highest BCUT2D eigenvalue weighted by molar-refractivity contribution is 5.76. The first-order valence-electron chi connectivity index (χ1n) is 11.7. The van der Waals surface area contributed by atoms with Crippen LogP contribution in [0, 0.1) is 0 Å². The normalized spacial score (nSPS) is 11.7. The molecule has 0 heterocycles. The summed E-state index contributed by atoms with van der Waals surface area (Å²) < 4.78 is 5.17. The predicted octanol–water partition coefficient (Wildman–Crippen LogP) is 4.78. The second-order valence-electron chi connectivity index (χ2n) is 7.79. The predicted molar refractivity (Wildman–Crippen MR) is 124 cm³/mol. The number of aliphatic imine (C=N–C) groups is 1. The van der Waals surface area contributed by atoms with Gasteiger partial charge in [-0.05, 0) is 32.6 Å². The molecular weight excluding hydrogens is 364 g/mol. The number of hydrogen-bond acceptors (Lipinski definition) is 4. The lowest BCUT2D eigenvalue weighted by Crippen LogP contribution is -2.37. The Labute approximate surface area is 178 Å². The summed E-state index contributed by atoms with van der Waals surface area (Å²) in [6.45, 7) is 9.04. The van der Waals surface area contributed by atoms with Gasteiger partial charge in [-0.15, -0.1) is 0 Å². The van der Waals surface area contributed by atoms with E-state index in [0.29, 0.717) is 26.0 Å². The van der Waals surface area contributed by atoms with Gasteiger partial charge in [-0.25, -0.2) is 4.79 Å². The van der Waals surface area contributed by atoms with Crippen molar-refractivity contribution in [3.8, 4) is 0 Å². The Hall–Kier alpha value is -1.72. The number of rotatable bonds is 20. The summed E-state index contributed by atoms with van der Waals surface area (Å²) in [5.74, 6) is -0.163. The van der Waals surface area contributed by atoms with E-state index in [-0.39, 0.29) is 18.0 Å². The van der Waals surface area contributed by atoms with Crippen molar-refractivity contribution in [3.05, 3.63) is 12.3 Å². The molecule has 1 atom stereocenters. The van der Waals surface area contributed by atoms with Gasteiger partial charge in [0.1, 0.15) is 6.04 Å². The molecule has 0 amide bonds. The topological polar surface area (TPSA) is 103 Å². The van der Waals surface area contributed by atoms with Gasteiger partial charge in [0.15, 0.2) is 5.96 Å². The monoisotopic (exact) mass is 410 g/mol. The van der Waals surface area contributed by atoms with E-state index in [1.807, 2.05) is 6.92 Å². The van der Waals surface area contributed by atoms with Crippen LogP contribution in [0.5, 0.6) is 0 Å². The van der Waals surface area contributed by atoms with Gasteiger partial charge in [-0.3, -0.25) is 4.99 Å². The SMILES string of the molecule is C=C(CCCCCCCCCCCCC)NC(CCCN=C(N)N)C(=O)OCC. The number of esters is 1. The summed E-state index contributed by atoms with van der Waals surface area (Å²) in [4.78, 5) is 16.1. The van der Waals surface area contributed by atoms with Gasteiger partial charge in [0.05, 0.1) is 6.61 Å². The van der Waals surface area contributed by atoms with Crippen LogP contribution in [0.2, 0.25) is 0 Å². The molecule has 0 spiro atoms. The molecule has 0 aromatic heterocycles. The highest BCUT2D eigenvalue weighted by atomic mass is 16.5. The number of nitrogens with zero attached hydrogens (tertiary/aromatic N) is 1.